The Balaban J connectivity index is 1.70. The third-order valence-corrected chi connectivity index (χ3v) is 5.20. The number of Topliss-reactive ketones (excluding diaryl/α,β-unsaturated/α-hetero) is 1. The summed E-state index contributed by atoms with van der Waals surface area (Å²) in [4.78, 5) is 45.1. The van der Waals surface area contributed by atoms with Crippen molar-refractivity contribution in [2.45, 2.75) is 26.6 Å². The molecule has 1 fully saturated rings. The third-order valence-electron chi connectivity index (χ3n) is 5.20. The summed E-state index contributed by atoms with van der Waals surface area (Å²) < 4.78 is 101. The van der Waals surface area contributed by atoms with Gasteiger partial charge in [-0.05, 0) is 38.2 Å². The van der Waals surface area contributed by atoms with Crippen LogP contribution in [0.5, 0.6) is 5.75 Å². The fourth-order valence-electron chi connectivity index (χ4n) is 3.47. The van der Waals surface area contributed by atoms with E-state index in [1.165, 1.54) is 31.2 Å². The second-order valence-corrected chi connectivity index (χ2v) is 7.56. The number of pyridine rings is 2. The standard InChI is InChI=1S/C26H24N8O3/c1-15-5-6-19(28-11-15)22(27-3)17-7-9-33(10-8-17)26(36)24(35)18-12-29-23-21(18)20(37-4)13-30-25(23)34-14-31-16(2)32-34/h5-6,11-14,29H,7-10H2,1-2,4H3/i5D,6D,7D2,8D2,9D2,10D2,11D. The molecule has 1 aliphatic heterocycles. The summed E-state index contributed by atoms with van der Waals surface area (Å²) in [6.45, 7) is 2.89. The Morgan fingerprint density at radius 1 is 1.22 bits per heavy atom. The van der Waals surface area contributed by atoms with Crippen molar-refractivity contribution in [1.82, 2.24) is 34.6 Å². The lowest BCUT2D eigenvalue weighted by molar-refractivity contribution is -0.126. The molecular weight excluding hydrogens is 472 g/mol. The van der Waals surface area contributed by atoms with E-state index in [1.807, 2.05) is 0 Å². The van der Waals surface area contributed by atoms with E-state index in [-0.39, 0.29) is 28.0 Å². The SMILES string of the molecule is [2H]c1nc(C([N+]#[C-])=C2C([2H])([2H])C([2H])([2H])N(C(=O)C(=O)c3c[nH]c4c(-n5cnc(C)n5)ncc(OC)c34)C([2H])([2H])C2([2H])[2H])c([2H])c([2H])c1C. The van der Waals surface area contributed by atoms with Gasteiger partial charge in [-0.1, -0.05) is 11.6 Å². The number of H-pyrrole nitrogens is 1. The van der Waals surface area contributed by atoms with Crippen LogP contribution in [-0.2, 0) is 4.79 Å². The van der Waals surface area contributed by atoms with Crippen molar-refractivity contribution in [2.75, 3.05) is 20.1 Å². The molecule has 0 aliphatic carbocycles. The van der Waals surface area contributed by atoms with E-state index in [2.05, 4.69) is 29.9 Å². The second-order valence-electron chi connectivity index (χ2n) is 7.56. The van der Waals surface area contributed by atoms with Crippen LogP contribution in [0.1, 0.15) is 55.3 Å². The van der Waals surface area contributed by atoms with E-state index < -0.39 is 83.1 Å². The molecule has 1 amide bonds. The van der Waals surface area contributed by atoms with Crippen LogP contribution in [0.15, 0.2) is 42.6 Å². The van der Waals surface area contributed by atoms with E-state index in [1.54, 1.807) is 6.92 Å². The molecule has 5 heterocycles. The fraction of sp³-hybridized carbons (Fsp3) is 0.269. The number of likely N-dealkylation sites (tertiary alicyclic amines) is 1. The van der Waals surface area contributed by atoms with Gasteiger partial charge in [0.2, 0.25) is 5.70 Å². The molecule has 1 saturated heterocycles. The first-order valence-electron chi connectivity index (χ1n) is 16.1. The number of hydrogen-bond acceptors (Lipinski definition) is 7. The van der Waals surface area contributed by atoms with Crippen molar-refractivity contribution < 1.29 is 29.4 Å². The van der Waals surface area contributed by atoms with Crippen molar-refractivity contribution in [3.8, 4) is 11.6 Å². The Morgan fingerprint density at radius 3 is 2.68 bits per heavy atom. The minimum absolute atomic E-state index is 0.0375. The first-order chi connectivity index (χ1) is 22.2. The smallest absolute Gasteiger partial charge is 0.295 e. The normalized spacial score (nSPS) is 23.2. The highest BCUT2D eigenvalue weighted by atomic mass is 16.5. The largest absolute Gasteiger partial charge is 0.494 e. The Bertz CT molecular complexity index is 2090. The fourth-order valence-corrected chi connectivity index (χ4v) is 3.47. The summed E-state index contributed by atoms with van der Waals surface area (Å²) in [6, 6.07) is -1.41. The highest BCUT2D eigenvalue weighted by Gasteiger charge is 2.30. The van der Waals surface area contributed by atoms with E-state index >= 15 is 0 Å². The number of hydrogen-bond donors (Lipinski definition) is 1. The first-order valence-corrected chi connectivity index (χ1v) is 10.6. The topological polar surface area (TPSA) is 123 Å². The van der Waals surface area contributed by atoms with Crippen LogP contribution in [0, 0.1) is 20.4 Å². The van der Waals surface area contributed by atoms with Gasteiger partial charge in [-0.15, -0.1) is 0 Å². The predicted molar refractivity (Wildman–Crippen MR) is 135 cm³/mol. The van der Waals surface area contributed by atoms with E-state index in [9.17, 15) is 9.59 Å². The number of nitrogens with one attached hydrogen (secondary N) is 1. The number of aromatic nitrogens is 6. The molecule has 186 valence electrons. The minimum Gasteiger partial charge on any atom is -0.494 e. The maximum atomic E-state index is 13.9. The predicted octanol–water partition coefficient (Wildman–Crippen LogP) is 3.30. The molecule has 0 unspecified atom stereocenters. The van der Waals surface area contributed by atoms with E-state index in [0.29, 0.717) is 5.82 Å². The highest BCUT2D eigenvalue weighted by Crippen LogP contribution is 2.32. The van der Waals surface area contributed by atoms with Crippen molar-refractivity contribution in [3.05, 3.63) is 76.6 Å². The summed E-state index contributed by atoms with van der Waals surface area (Å²) in [5, 5.41) is 4.11. The lowest BCUT2D eigenvalue weighted by atomic mass is 9.99. The molecule has 0 spiro atoms. The maximum Gasteiger partial charge on any atom is 0.295 e. The molecular formula is C26H24N8O3. The van der Waals surface area contributed by atoms with E-state index in [0.717, 1.165) is 6.20 Å². The van der Waals surface area contributed by atoms with Crippen LogP contribution >= 0.6 is 0 Å². The first kappa shape index (κ1) is 14.0. The van der Waals surface area contributed by atoms with E-state index in [4.69, 9.17) is 26.4 Å². The molecule has 4 aromatic rings. The number of ether oxygens (including phenoxy) is 1. The number of amides is 1. The average molecular weight is 508 g/mol. The van der Waals surface area contributed by atoms with Crippen LogP contribution in [0.4, 0.5) is 0 Å². The number of rotatable bonds is 5. The van der Waals surface area contributed by atoms with Crippen LogP contribution in [0.3, 0.4) is 0 Å². The van der Waals surface area contributed by atoms with Crippen LogP contribution < -0.4 is 4.74 Å². The van der Waals surface area contributed by atoms with Crippen LogP contribution in [0.2, 0.25) is 0 Å². The number of carbonyl (C=O) groups is 2. The third kappa shape index (κ3) is 4.33. The average Bonchev–Trinajstić information content (AvgIpc) is 3.65. The molecule has 0 bridgehead atoms. The molecule has 11 nitrogen and oxygen atoms in total. The summed E-state index contributed by atoms with van der Waals surface area (Å²) in [7, 11) is 1.24. The maximum absolute atomic E-state index is 13.9. The lowest BCUT2D eigenvalue weighted by Crippen LogP contribution is -2.40. The summed E-state index contributed by atoms with van der Waals surface area (Å²) in [6.07, 6.45) is -4.54. The van der Waals surface area contributed by atoms with Crippen LogP contribution in [0.25, 0.3) is 27.3 Å². The van der Waals surface area contributed by atoms with Crippen LogP contribution in [-0.4, -0.2) is 66.4 Å². The number of carbonyl (C=O) groups excluding carboxylic acids is 2. The van der Waals surface area contributed by atoms with Crippen molar-refractivity contribution in [2.24, 2.45) is 0 Å². The molecule has 1 N–H and O–H groups in total. The van der Waals surface area contributed by atoms with Gasteiger partial charge in [-0.25, -0.2) is 19.5 Å². The molecule has 0 atom stereocenters. The molecule has 11 heteroatoms. The van der Waals surface area contributed by atoms with Gasteiger partial charge in [-0.3, -0.25) is 14.6 Å². The molecule has 4 aromatic heterocycles. The van der Waals surface area contributed by atoms with Crippen molar-refractivity contribution in [3.63, 3.8) is 0 Å². The van der Waals surface area contributed by atoms with Gasteiger partial charge in [0.05, 0.1) is 46.2 Å². The quantitative estimate of drug-likeness (QED) is 0.250. The molecule has 37 heavy (non-hydrogen) atoms. The van der Waals surface area contributed by atoms with Gasteiger partial charge >= 0.3 is 0 Å². The Morgan fingerprint density at radius 2 is 2.00 bits per heavy atom. The number of fused-ring (bicyclic) bond motifs is 1. The molecule has 0 aromatic carbocycles. The molecule has 0 radical (unpaired) electrons. The lowest BCUT2D eigenvalue weighted by Gasteiger charge is -2.28. The minimum atomic E-state index is -3.86. The molecule has 0 saturated carbocycles. The molecule has 5 rings (SSSR count). The Labute approximate surface area is 228 Å². The zero-order valence-electron chi connectivity index (χ0n) is 30.6. The monoisotopic (exact) mass is 507 g/mol. The Hall–Kier alpha value is -4.85. The Kier molecular flexibility index (Phi) is 3.66. The second kappa shape index (κ2) is 9.66. The number of methoxy groups -OCH3 is 1. The number of aryl methyl sites for hydroxylation is 1. The number of ketones is 1. The molecule has 1 aliphatic rings. The summed E-state index contributed by atoms with van der Waals surface area (Å²) in [5.41, 5.74) is -3.93. The van der Waals surface area contributed by atoms with Gasteiger partial charge in [0.25, 0.3) is 11.7 Å². The summed E-state index contributed by atoms with van der Waals surface area (Å²) >= 11 is 0. The zero-order valence-corrected chi connectivity index (χ0v) is 19.6. The van der Waals surface area contributed by atoms with Crippen molar-refractivity contribution >= 4 is 28.3 Å². The van der Waals surface area contributed by atoms with Gasteiger partial charge in [0.15, 0.2) is 5.82 Å². The highest BCUT2D eigenvalue weighted by molar-refractivity contribution is 6.45. The van der Waals surface area contributed by atoms with Crippen molar-refractivity contribution in [1.29, 1.82) is 0 Å². The zero-order chi connectivity index (χ0) is 35.9. The number of piperidine rings is 1. The number of aromatic amines is 1. The summed E-state index contributed by atoms with van der Waals surface area (Å²) in [5.74, 6) is -3.10. The van der Waals surface area contributed by atoms with Gasteiger partial charge in [0, 0.05) is 36.3 Å². The van der Waals surface area contributed by atoms with Gasteiger partial charge in [-0.2, -0.15) is 5.10 Å². The number of nitrogens with zero attached hydrogens (tertiary/aromatic N) is 7. The van der Waals surface area contributed by atoms with Gasteiger partial charge < -0.3 is 14.6 Å². The van der Waals surface area contributed by atoms with Gasteiger partial charge in [0.1, 0.15) is 17.9 Å².